The number of benzene rings is 1. The highest BCUT2D eigenvalue weighted by Crippen LogP contribution is 2.17. The molecular formula is C18H25Cl2N3O. The van der Waals surface area contributed by atoms with Crippen LogP contribution in [0.2, 0.25) is 0 Å². The molecule has 0 aliphatic heterocycles. The molecule has 132 valence electrons. The number of amides is 1. The molecule has 6 heteroatoms. The van der Waals surface area contributed by atoms with Crippen LogP contribution in [0.1, 0.15) is 53.0 Å². The molecule has 0 saturated carbocycles. The fourth-order valence-corrected chi connectivity index (χ4v) is 2.15. The zero-order chi connectivity index (χ0) is 16.1. The summed E-state index contributed by atoms with van der Waals surface area (Å²) in [5.41, 5.74) is 9.88. The van der Waals surface area contributed by atoms with E-state index in [-0.39, 0.29) is 36.8 Å². The van der Waals surface area contributed by atoms with E-state index in [0.717, 1.165) is 11.3 Å². The van der Waals surface area contributed by atoms with Crippen LogP contribution in [0.3, 0.4) is 0 Å². The third-order valence-corrected chi connectivity index (χ3v) is 3.69. The van der Waals surface area contributed by atoms with Gasteiger partial charge in [-0.3, -0.25) is 9.78 Å². The molecule has 0 spiro atoms. The maximum Gasteiger partial charge on any atom is 0.252 e. The van der Waals surface area contributed by atoms with Gasteiger partial charge in [0.15, 0.2) is 0 Å². The second kappa shape index (κ2) is 10.3. The summed E-state index contributed by atoms with van der Waals surface area (Å²) < 4.78 is 0. The SMILES string of the molecule is Cc1ccc(C(=O)NCC(N)c2ccc(C(C)C)cc2)cn1.Cl.Cl. The van der Waals surface area contributed by atoms with Crippen LogP contribution >= 0.6 is 24.8 Å². The van der Waals surface area contributed by atoms with Gasteiger partial charge in [-0.05, 0) is 36.1 Å². The van der Waals surface area contributed by atoms with Crippen LogP contribution in [0.25, 0.3) is 0 Å². The number of nitrogens with zero attached hydrogens (tertiary/aromatic N) is 1. The largest absolute Gasteiger partial charge is 0.350 e. The lowest BCUT2D eigenvalue weighted by molar-refractivity contribution is 0.0951. The van der Waals surface area contributed by atoms with Crippen molar-refractivity contribution in [1.82, 2.24) is 10.3 Å². The number of nitrogens with two attached hydrogens (primary N) is 1. The minimum Gasteiger partial charge on any atom is -0.350 e. The van der Waals surface area contributed by atoms with Gasteiger partial charge in [0.05, 0.1) is 5.56 Å². The van der Waals surface area contributed by atoms with E-state index in [0.29, 0.717) is 18.0 Å². The molecule has 0 radical (unpaired) electrons. The van der Waals surface area contributed by atoms with Crippen molar-refractivity contribution in [2.75, 3.05) is 6.54 Å². The van der Waals surface area contributed by atoms with E-state index < -0.39 is 0 Å². The van der Waals surface area contributed by atoms with Crippen molar-refractivity contribution < 1.29 is 4.79 Å². The molecule has 4 nitrogen and oxygen atoms in total. The fourth-order valence-electron chi connectivity index (χ4n) is 2.15. The quantitative estimate of drug-likeness (QED) is 0.842. The van der Waals surface area contributed by atoms with E-state index in [1.54, 1.807) is 12.3 Å². The van der Waals surface area contributed by atoms with Crippen LogP contribution < -0.4 is 11.1 Å². The van der Waals surface area contributed by atoms with Gasteiger partial charge in [0.1, 0.15) is 0 Å². The van der Waals surface area contributed by atoms with Gasteiger partial charge in [0.25, 0.3) is 5.91 Å². The first kappa shape index (κ1) is 22.4. The lowest BCUT2D eigenvalue weighted by Crippen LogP contribution is -2.32. The minimum atomic E-state index is -0.219. The number of carbonyl (C=O) groups is 1. The Hall–Kier alpha value is -1.62. The predicted octanol–water partition coefficient (Wildman–Crippen LogP) is 3.79. The first-order valence-corrected chi connectivity index (χ1v) is 7.53. The number of aromatic nitrogens is 1. The van der Waals surface area contributed by atoms with E-state index in [1.807, 2.05) is 25.1 Å². The first-order chi connectivity index (χ1) is 10.5. The van der Waals surface area contributed by atoms with Crippen LogP contribution in [0.5, 0.6) is 0 Å². The van der Waals surface area contributed by atoms with Gasteiger partial charge in [-0.25, -0.2) is 0 Å². The monoisotopic (exact) mass is 369 g/mol. The van der Waals surface area contributed by atoms with Crippen molar-refractivity contribution in [3.8, 4) is 0 Å². The zero-order valence-electron chi connectivity index (χ0n) is 14.2. The molecule has 0 bridgehead atoms. The Kier molecular flexibility index (Phi) is 9.59. The number of halogens is 2. The molecule has 1 amide bonds. The van der Waals surface area contributed by atoms with Crippen molar-refractivity contribution in [3.05, 3.63) is 65.0 Å². The van der Waals surface area contributed by atoms with Gasteiger partial charge < -0.3 is 11.1 Å². The van der Waals surface area contributed by atoms with Gasteiger partial charge in [-0.1, -0.05) is 38.1 Å². The molecule has 1 unspecified atom stereocenters. The molecule has 0 fully saturated rings. The standard InChI is InChI=1S/C18H23N3O.2ClH/c1-12(2)14-6-8-15(9-7-14)17(19)11-21-18(22)16-5-4-13(3)20-10-16;;/h4-10,12,17H,11,19H2,1-3H3,(H,21,22);2*1H. The highest BCUT2D eigenvalue weighted by molar-refractivity contribution is 5.93. The fraction of sp³-hybridized carbons (Fsp3) is 0.333. The molecule has 3 N–H and O–H groups in total. The molecule has 0 aliphatic carbocycles. The smallest absolute Gasteiger partial charge is 0.252 e. The van der Waals surface area contributed by atoms with Gasteiger partial charge in [-0.2, -0.15) is 0 Å². The van der Waals surface area contributed by atoms with E-state index >= 15 is 0 Å². The molecule has 2 aromatic rings. The topological polar surface area (TPSA) is 68.0 Å². The van der Waals surface area contributed by atoms with Gasteiger partial charge >= 0.3 is 0 Å². The van der Waals surface area contributed by atoms with Crippen LogP contribution in [0.4, 0.5) is 0 Å². The number of hydrogen-bond donors (Lipinski definition) is 2. The molecular weight excluding hydrogens is 345 g/mol. The number of nitrogens with one attached hydrogen (secondary N) is 1. The normalized spacial score (nSPS) is 11.2. The molecule has 1 atom stereocenters. The Balaban J connectivity index is 0.00000264. The number of carbonyl (C=O) groups excluding carboxylic acids is 1. The summed E-state index contributed by atoms with van der Waals surface area (Å²) in [4.78, 5) is 16.1. The number of pyridine rings is 1. The summed E-state index contributed by atoms with van der Waals surface area (Å²) in [5.74, 6) is 0.348. The number of hydrogen-bond acceptors (Lipinski definition) is 3. The summed E-state index contributed by atoms with van der Waals surface area (Å²) in [6.45, 7) is 6.60. The van der Waals surface area contributed by atoms with Gasteiger partial charge in [0, 0.05) is 24.5 Å². The molecule has 1 heterocycles. The van der Waals surface area contributed by atoms with Crippen molar-refractivity contribution >= 4 is 30.7 Å². The Labute approximate surface area is 156 Å². The van der Waals surface area contributed by atoms with Crippen LogP contribution in [-0.2, 0) is 0 Å². The average Bonchev–Trinajstić information content (AvgIpc) is 2.53. The lowest BCUT2D eigenvalue weighted by Gasteiger charge is -2.14. The van der Waals surface area contributed by atoms with Gasteiger partial charge in [-0.15, -0.1) is 24.8 Å². The minimum absolute atomic E-state index is 0. The molecule has 1 aromatic carbocycles. The Bertz CT molecular complexity index is 628. The lowest BCUT2D eigenvalue weighted by atomic mass is 9.99. The second-order valence-corrected chi connectivity index (χ2v) is 5.83. The summed E-state index contributed by atoms with van der Waals surface area (Å²) in [7, 11) is 0. The van der Waals surface area contributed by atoms with Crippen molar-refractivity contribution in [2.24, 2.45) is 5.73 Å². The second-order valence-electron chi connectivity index (χ2n) is 5.83. The predicted molar refractivity (Wildman–Crippen MR) is 103 cm³/mol. The number of rotatable bonds is 5. The van der Waals surface area contributed by atoms with E-state index in [9.17, 15) is 4.79 Å². The van der Waals surface area contributed by atoms with Crippen LogP contribution in [0.15, 0.2) is 42.6 Å². The summed E-state index contributed by atoms with van der Waals surface area (Å²) in [6.07, 6.45) is 1.58. The Morgan fingerprint density at radius 3 is 2.17 bits per heavy atom. The summed E-state index contributed by atoms with van der Waals surface area (Å²) in [5, 5.41) is 2.85. The summed E-state index contributed by atoms with van der Waals surface area (Å²) >= 11 is 0. The van der Waals surface area contributed by atoms with Crippen molar-refractivity contribution in [3.63, 3.8) is 0 Å². The van der Waals surface area contributed by atoms with Gasteiger partial charge in [0.2, 0.25) is 0 Å². The summed E-state index contributed by atoms with van der Waals surface area (Å²) in [6, 6.07) is 11.6. The molecule has 24 heavy (non-hydrogen) atoms. The van der Waals surface area contributed by atoms with Crippen LogP contribution in [0, 0.1) is 6.92 Å². The maximum atomic E-state index is 12.0. The molecule has 1 aromatic heterocycles. The van der Waals surface area contributed by atoms with E-state index in [2.05, 4.69) is 36.3 Å². The Morgan fingerprint density at radius 1 is 1.08 bits per heavy atom. The molecule has 0 aliphatic rings. The maximum absolute atomic E-state index is 12.0. The molecule has 0 saturated heterocycles. The third-order valence-electron chi connectivity index (χ3n) is 3.69. The van der Waals surface area contributed by atoms with E-state index in [4.69, 9.17) is 5.73 Å². The Morgan fingerprint density at radius 2 is 1.67 bits per heavy atom. The average molecular weight is 370 g/mol. The highest BCUT2D eigenvalue weighted by Gasteiger charge is 2.10. The van der Waals surface area contributed by atoms with Crippen molar-refractivity contribution in [2.45, 2.75) is 32.7 Å². The zero-order valence-corrected chi connectivity index (χ0v) is 15.8. The number of aryl methyl sites for hydroxylation is 1. The van der Waals surface area contributed by atoms with Crippen LogP contribution in [-0.4, -0.2) is 17.4 Å². The molecule has 2 rings (SSSR count). The first-order valence-electron chi connectivity index (χ1n) is 7.53. The third kappa shape index (κ3) is 6.11. The van der Waals surface area contributed by atoms with E-state index in [1.165, 1.54) is 5.56 Å². The van der Waals surface area contributed by atoms with Crippen molar-refractivity contribution in [1.29, 1.82) is 0 Å². The highest BCUT2D eigenvalue weighted by atomic mass is 35.5.